The molecule has 4 rings (SSSR count). The highest BCUT2D eigenvalue weighted by Gasteiger charge is 2.25. The Kier molecular flexibility index (Phi) is 6.76. The van der Waals surface area contributed by atoms with E-state index in [1.54, 1.807) is 29.4 Å². The number of benzene rings is 1. The average Bonchev–Trinajstić information content (AvgIpc) is 2.90. The Bertz CT molecular complexity index is 1030. The van der Waals surface area contributed by atoms with Gasteiger partial charge in [0.15, 0.2) is 11.6 Å². The molecule has 0 unspecified atom stereocenters. The van der Waals surface area contributed by atoms with Gasteiger partial charge in [0.2, 0.25) is 5.95 Å². The molecule has 170 valence electrons. The van der Waals surface area contributed by atoms with Crippen LogP contribution in [0, 0.1) is 5.82 Å². The molecule has 2 N–H and O–H groups in total. The largest absolute Gasteiger partial charge is 0.462 e. The number of piperazine rings is 1. The number of nitrogens with zero attached hydrogens (tertiary/aromatic N) is 5. The van der Waals surface area contributed by atoms with Crippen molar-refractivity contribution < 1.29 is 13.9 Å². The summed E-state index contributed by atoms with van der Waals surface area (Å²) in [6.45, 7) is 6.68. The van der Waals surface area contributed by atoms with Crippen LogP contribution in [0.2, 0.25) is 5.02 Å². The van der Waals surface area contributed by atoms with E-state index in [1.807, 2.05) is 11.8 Å². The van der Waals surface area contributed by atoms with Gasteiger partial charge in [-0.15, -0.1) is 0 Å². The fourth-order valence-corrected chi connectivity index (χ4v) is 4.03. The third-order valence-corrected chi connectivity index (χ3v) is 5.96. The second-order valence-corrected chi connectivity index (χ2v) is 8.35. The molecule has 1 saturated heterocycles. The Balaban J connectivity index is 1.24. The van der Waals surface area contributed by atoms with E-state index in [1.165, 1.54) is 0 Å². The number of carbonyl (C=O) groups excluding carboxylic acids is 1. The third-order valence-electron chi connectivity index (χ3n) is 5.72. The van der Waals surface area contributed by atoms with Crippen molar-refractivity contribution >= 4 is 29.3 Å². The second-order valence-electron chi connectivity index (χ2n) is 7.91. The molecule has 0 bridgehead atoms. The summed E-state index contributed by atoms with van der Waals surface area (Å²) in [7, 11) is 0. The molecule has 3 heterocycles. The second kappa shape index (κ2) is 9.70. The van der Waals surface area contributed by atoms with E-state index in [2.05, 4.69) is 14.9 Å². The summed E-state index contributed by atoms with van der Waals surface area (Å²) >= 11 is 6.02. The van der Waals surface area contributed by atoms with E-state index in [0.29, 0.717) is 28.8 Å². The normalized spacial score (nSPS) is 17.0. The van der Waals surface area contributed by atoms with Gasteiger partial charge in [-0.1, -0.05) is 11.6 Å². The van der Waals surface area contributed by atoms with Crippen LogP contribution in [0.4, 0.5) is 16.2 Å². The molecule has 1 amide bonds. The standard InChI is InChI=1S/C22H26ClFN6O2/c1-15-14-32-19-12-16(23)4-5-17(19)21(31)30(15)7-3-2-6-28-8-10-29(11-9-28)22-26-13-18(24)20(25)27-22/h4-5,12-14H,2-3,6-11H2,1H3,(H2,25,26,27). The summed E-state index contributed by atoms with van der Waals surface area (Å²) in [5, 5.41) is 0.533. The molecule has 0 saturated carbocycles. The first kappa shape index (κ1) is 22.3. The minimum atomic E-state index is -0.598. The van der Waals surface area contributed by atoms with Gasteiger partial charge in [0.05, 0.1) is 17.5 Å². The number of anilines is 2. The van der Waals surface area contributed by atoms with Gasteiger partial charge in [0.1, 0.15) is 12.0 Å². The van der Waals surface area contributed by atoms with Gasteiger partial charge < -0.3 is 20.3 Å². The van der Waals surface area contributed by atoms with E-state index >= 15 is 0 Å². The van der Waals surface area contributed by atoms with Crippen molar-refractivity contribution in [3.05, 3.63) is 52.8 Å². The number of ether oxygens (including phenoxy) is 1. The SMILES string of the molecule is CC1=COc2cc(Cl)ccc2C(=O)N1CCCCN1CCN(c2ncc(F)c(N)n2)CC1. The lowest BCUT2D eigenvalue weighted by molar-refractivity contribution is 0.0804. The van der Waals surface area contributed by atoms with Gasteiger partial charge in [-0.25, -0.2) is 9.37 Å². The number of allylic oxidation sites excluding steroid dienone is 1. The topological polar surface area (TPSA) is 87.8 Å². The average molecular weight is 461 g/mol. The van der Waals surface area contributed by atoms with Crippen molar-refractivity contribution in [2.24, 2.45) is 0 Å². The first-order valence-electron chi connectivity index (χ1n) is 10.6. The molecular weight excluding hydrogens is 435 g/mol. The maximum absolute atomic E-state index is 13.3. The van der Waals surface area contributed by atoms with Crippen LogP contribution in [0.15, 0.2) is 36.4 Å². The number of hydrogen-bond acceptors (Lipinski definition) is 7. The summed E-state index contributed by atoms with van der Waals surface area (Å²) in [6.07, 6.45) is 4.55. The lowest BCUT2D eigenvalue weighted by Gasteiger charge is -2.34. The van der Waals surface area contributed by atoms with Crippen LogP contribution in [-0.4, -0.2) is 64.9 Å². The molecule has 8 nitrogen and oxygen atoms in total. The van der Waals surface area contributed by atoms with Crippen molar-refractivity contribution in [2.75, 3.05) is 49.9 Å². The van der Waals surface area contributed by atoms with Crippen LogP contribution < -0.4 is 15.4 Å². The van der Waals surface area contributed by atoms with Crippen molar-refractivity contribution in [3.8, 4) is 5.75 Å². The van der Waals surface area contributed by atoms with Crippen molar-refractivity contribution in [1.29, 1.82) is 0 Å². The number of hydrogen-bond donors (Lipinski definition) is 1. The Hall–Kier alpha value is -2.91. The molecule has 0 spiro atoms. The summed E-state index contributed by atoms with van der Waals surface area (Å²) in [5.74, 6) is 0.152. The van der Waals surface area contributed by atoms with Crippen molar-refractivity contribution in [3.63, 3.8) is 0 Å². The lowest BCUT2D eigenvalue weighted by atomic mass is 10.1. The van der Waals surface area contributed by atoms with Crippen LogP contribution in [0.1, 0.15) is 30.1 Å². The Morgan fingerprint density at radius 1 is 1.19 bits per heavy atom. The maximum atomic E-state index is 13.3. The zero-order valence-electron chi connectivity index (χ0n) is 17.9. The van der Waals surface area contributed by atoms with Crippen LogP contribution >= 0.6 is 11.6 Å². The highest BCUT2D eigenvalue weighted by molar-refractivity contribution is 6.30. The molecule has 1 aromatic carbocycles. The van der Waals surface area contributed by atoms with Gasteiger partial charge >= 0.3 is 0 Å². The number of fused-ring (bicyclic) bond motifs is 1. The van der Waals surface area contributed by atoms with Crippen LogP contribution in [-0.2, 0) is 0 Å². The number of nitrogens with two attached hydrogens (primary N) is 1. The molecule has 32 heavy (non-hydrogen) atoms. The number of carbonyl (C=O) groups is 1. The summed E-state index contributed by atoms with van der Waals surface area (Å²) < 4.78 is 18.9. The van der Waals surface area contributed by atoms with E-state index in [9.17, 15) is 9.18 Å². The molecule has 0 atom stereocenters. The Morgan fingerprint density at radius 3 is 2.69 bits per heavy atom. The highest BCUT2D eigenvalue weighted by atomic mass is 35.5. The number of aromatic nitrogens is 2. The fourth-order valence-electron chi connectivity index (χ4n) is 3.87. The molecule has 10 heteroatoms. The number of unbranched alkanes of at least 4 members (excludes halogenated alkanes) is 1. The van der Waals surface area contributed by atoms with Gasteiger partial charge in [-0.2, -0.15) is 4.98 Å². The number of halogens is 2. The predicted molar refractivity (Wildman–Crippen MR) is 121 cm³/mol. The van der Waals surface area contributed by atoms with Gasteiger partial charge in [0, 0.05) is 43.8 Å². The highest BCUT2D eigenvalue weighted by Crippen LogP contribution is 2.29. The minimum Gasteiger partial charge on any atom is -0.462 e. The van der Waals surface area contributed by atoms with Crippen molar-refractivity contribution in [1.82, 2.24) is 19.8 Å². The summed E-state index contributed by atoms with van der Waals surface area (Å²) in [5.41, 5.74) is 6.84. The smallest absolute Gasteiger partial charge is 0.261 e. The molecule has 0 radical (unpaired) electrons. The quantitative estimate of drug-likeness (QED) is 0.662. The first-order valence-corrected chi connectivity index (χ1v) is 11.0. The minimum absolute atomic E-state index is 0.0740. The van der Waals surface area contributed by atoms with Crippen LogP contribution in [0.5, 0.6) is 5.75 Å². The maximum Gasteiger partial charge on any atom is 0.261 e. The molecule has 2 aliphatic rings. The number of rotatable bonds is 6. The van der Waals surface area contributed by atoms with Gasteiger partial charge in [-0.05, 0) is 38.4 Å². The first-order chi connectivity index (χ1) is 15.4. The Labute approximate surface area is 191 Å². The van der Waals surface area contributed by atoms with E-state index < -0.39 is 5.82 Å². The molecule has 2 aromatic rings. The fraction of sp³-hybridized carbons (Fsp3) is 0.409. The number of amides is 1. The zero-order valence-corrected chi connectivity index (χ0v) is 18.7. The zero-order chi connectivity index (χ0) is 22.7. The monoisotopic (exact) mass is 460 g/mol. The van der Waals surface area contributed by atoms with E-state index in [4.69, 9.17) is 22.1 Å². The van der Waals surface area contributed by atoms with Gasteiger partial charge in [0.25, 0.3) is 5.91 Å². The predicted octanol–water partition coefficient (Wildman–Crippen LogP) is 3.15. The molecule has 1 fully saturated rings. The Morgan fingerprint density at radius 2 is 1.94 bits per heavy atom. The molecular formula is C22H26ClFN6O2. The molecule has 2 aliphatic heterocycles. The summed E-state index contributed by atoms with van der Waals surface area (Å²) in [6, 6.07) is 5.07. The van der Waals surface area contributed by atoms with Crippen LogP contribution in [0.3, 0.4) is 0 Å². The third kappa shape index (κ3) is 4.94. The molecule has 0 aliphatic carbocycles. The van der Waals surface area contributed by atoms with Gasteiger partial charge in [-0.3, -0.25) is 9.69 Å². The lowest BCUT2D eigenvalue weighted by Crippen LogP contribution is -2.47. The molecule has 1 aromatic heterocycles. The van der Waals surface area contributed by atoms with Crippen molar-refractivity contribution in [2.45, 2.75) is 19.8 Å². The van der Waals surface area contributed by atoms with Crippen LogP contribution in [0.25, 0.3) is 0 Å². The summed E-state index contributed by atoms with van der Waals surface area (Å²) in [4.78, 5) is 27.2. The van der Waals surface area contributed by atoms with E-state index in [0.717, 1.165) is 57.5 Å². The number of nitrogen functional groups attached to an aromatic ring is 1. The van der Waals surface area contributed by atoms with E-state index in [-0.39, 0.29) is 11.7 Å².